The maximum atomic E-state index is 12.8. The van der Waals surface area contributed by atoms with Gasteiger partial charge in [0.2, 0.25) is 5.91 Å². The van der Waals surface area contributed by atoms with Crippen molar-refractivity contribution in [3.05, 3.63) is 36.0 Å². The largest absolute Gasteiger partial charge is 0.368 e. The quantitative estimate of drug-likeness (QED) is 0.829. The van der Waals surface area contributed by atoms with E-state index in [9.17, 15) is 9.59 Å². The summed E-state index contributed by atoms with van der Waals surface area (Å²) in [6.45, 7) is 2.15. The Balaban J connectivity index is 1.18. The summed E-state index contributed by atoms with van der Waals surface area (Å²) in [7, 11) is 1.98. The number of para-hydroxylation sites is 1. The molecule has 0 unspecified atom stereocenters. The average molecular weight is 396 g/mol. The van der Waals surface area contributed by atoms with Crippen LogP contribution in [0.1, 0.15) is 36.2 Å². The number of morpholine rings is 1. The average Bonchev–Trinajstić information content (AvgIpc) is 3.34. The van der Waals surface area contributed by atoms with E-state index in [1.807, 2.05) is 42.3 Å². The van der Waals surface area contributed by atoms with Gasteiger partial charge in [-0.1, -0.05) is 31.0 Å². The molecule has 154 valence electrons. The number of nitrogens with zero attached hydrogens (tertiary/aromatic N) is 2. The van der Waals surface area contributed by atoms with Crippen LogP contribution in [-0.4, -0.2) is 77.6 Å². The first-order chi connectivity index (χ1) is 14.0. The highest BCUT2D eigenvalue weighted by Crippen LogP contribution is 2.32. The van der Waals surface area contributed by atoms with Crippen LogP contribution in [0.15, 0.2) is 30.3 Å². The molecule has 7 heteroatoms. The summed E-state index contributed by atoms with van der Waals surface area (Å²) in [4.78, 5) is 32.6. The number of carbonyl (C=O) groups excluding carboxylic acids is 2. The molecule has 1 saturated carbocycles. The van der Waals surface area contributed by atoms with Gasteiger partial charge in [0.25, 0.3) is 5.91 Å². The second-order valence-corrected chi connectivity index (χ2v) is 8.85. The SMILES string of the molecule is CN1CC2(CN(C(=O)c3cc4ccccc4[nH]3)C2)OC[C@H]1C(=O)NC1CCCC1. The van der Waals surface area contributed by atoms with Gasteiger partial charge in [0, 0.05) is 23.5 Å². The molecule has 1 atom stereocenters. The molecule has 0 bridgehead atoms. The van der Waals surface area contributed by atoms with E-state index >= 15 is 0 Å². The summed E-state index contributed by atoms with van der Waals surface area (Å²) < 4.78 is 6.14. The van der Waals surface area contributed by atoms with Gasteiger partial charge in [-0.15, -0.1) is 0 Å². The number of nitrogens with one attached hydrogen (secondary N) is 2. The normalized spacial score (nSPS) is 24.7. The minimum atomic E-state index is -0.361. The summed E-state index contributed by atoms with van der Waals surface area (Å²) in [6.07, 6.45) is 4.56. The predicted octanol–water partition coefficient (Wildman–Crippen LogP) is 1.75. The molecule has 1 aromatic carbocycles. The molecule has 3 aliphatic rings. The van der Waals surface area contributed by atoms with E-state index in [2.05, 4.69) is 15.2 Å². The van der Waals surface area contributed by atoms with Crippen LogP contribution in [0, 0.1) is 0 Å². The number of aromatic nitrogens is 1. The highest BCUT2D eigenvalue weighted by molar-refractivity contribution is 5.98. The van der Waals surface area contributed by atoms with E-state index < -0.39 is 0 Å². The van der Waals surface area contributed by atoms with E-state index in [1.54, 1.807) is 0 Å². The van der Waals surface area contributed by atoms with Crippen LogP contribution in [-0.2, 0) is 9.53 Å². The van der Waals surface area contributed by atoms with Crippen molar-refractivity contribution in [1.29, 1.82) is 0 Å². The van der Waals surface area contributed by atoms with Crippen molar-refractivity contribution in [1.82, 2.24) is 20.1 Å². The summed E-state index contributed by atoms with van der Waals surface area (Å²) >= 11 is 0. The topological polar surface area (TPSA) is 77.7 Å². The molecular formula is C22H28N4O3. The molecule has 5 rings (SSSR count). The zero-order chi connectivity index (χ0) is 20.0. The molecule has 3 heterocycles. The molecule has 2 N–H and O–H groups in total. The number of rotatable bonds is 3. The number of likely N-dealkylation sites (N-methyl/N-ethyl adjacent to an activating group) is 1. The lowest BCUT2D eigenvalue weighted by atomic mass is 9.90. The second kappa shape index (κ2) is 7.15. The Hall–Kier alpha value is -2.38. The minimum absolute atomic E-state index is 0.000761. The van der Waals surface area contributed by atoms with Crippen molar-refractivity contribution in [2.45, 2.75) is 43.4 Å². The monoisotopic (exact) mass is 396 g/mol. The van der Waals surface area contributed by atoms with Gasteiger partial charge >= 0.3 is 0 Å². The summed E-state index contributed by atoms with van der Waals surface area (Å²) in [5.74, 6) is 0.0683. The third-order valence-electron chi connectivity index (χ3n) is 6.63. The Bertz CT molecular complexity index is 894. The van der Waals surface area contributed by atoms with Gasteiger partial charge in [0.1, 0.15) is 17.3 Å². The maximum absolute atomic E-state index is 12.8. The Morgan fingerprint density at radius 2 is 1.93 bits per heavy atom. The first kappa shape index (κ1) is 18.6. The summed E-state index contributed by atoms with van der Waals surface area (Å²) in [5.41, 5.74) is 1.22. The van der Waals surface area contributed by atoms with Crippen molar-refractivity contribution < 1.29 is 14.3 Å². The van der Waals surface area contributed by atoms with Crippen molar-refractivity contribution in [2.24, 2.45) is 0 Å². The lowest BCUT2D eigenvalue weighted by molar-refractivity contribution is -0.187. The number of hydrogen-bond donors (Lipinski definition) is 2. The van der Waals surface area contributed by atoms with E-state index in [4.69, 9.17) is 4.74 Å². The number of carbonyl (C=O) groups is 2. The predicted molar refractivity (Wildman–Crippen MR) is 110 cm³/mol. The molecule has 29 heavy (non-hydrogen) atoms. The second-order valence-electron chi connectivity index (χ2n) is 8.85. The number of benzene rings is 1. The highest BCUT2D eigenvalue weighted by atomic mass is 16.5. The molecule has 1 spiro atoms. The molecule has 2 aromatic rings. The Morgan fingerprint density at radius 3 is 2.66 bits per heavy atom. The third-order valence-corrected chi connectivity index (χ3v) is 6.63. The Labute approximate surface area is 170 Å². The number of ether oxygens (including phenoxy) is 1. The fourth-order valence-corrected chi connectivity index (χ4v) is 4.98. The lowest BCUT2D eigenvalue weighted by Gasteiger charge is -2.54. The zero-order valence-electron chi connectivity index (χ0n) is 16.8. The fourth-order valence-electron chi connectivity index (χ4n) is 4.98. The van der Waals surface area contributed by atoms with Gasteiger partial charge in [-0.3, -0.25) is 14.5 Å². The molecule has 0 radical (unpaired) electrons. The molecule has 1 aliphatic carbocycles. The molecule has 3 fully saturated rings. The smallest absolute Gasteiger partial charge is 0.270 e. The highest BCUT2D eigenvalue weighted by Gasteiger charge is 2.51. The zero-order valence-corrected chi connectivity index (χ0v) is 16.8. The minimum Gasteiger partial charge on any atom is -0.368 e. The van der Waals surface area contributed by atoms with E-state index in [-0.39, 0.29) is 23.5 Å². The standard InChI is InChI=1S/C22H28N4O3/c1-25-12-22(29-11-19(25)20(27)23-16-7-3-4-8-16)13-26(14-22)21(28)18-10-15-6-2-5-9-17(15)24-18/h2,5-6,9-10,16,19,24H,3-4,7-8,11-14H2,1H3,(H,23,27)/t19-/m0/s1. The van der Waals surface area contributed by atoms with Crippen molar-refractivity contribution in [2.75, 3.05) is 33.3 Å². The molecule has 7 nitrogen and oxygen atoms in total. The number of likely N-dealkylation sites (tertiary alicyclic amines) is 1. The molecule has 1 aromatic heterocycles. The van der Waals surface area contributed by atoms with Crippen LogP contribution in [0.5, 0.6) is 0 Å². The van der Waals surface area contributed by atoms with Gasteiger partial charge in [0.05, 0.1) is 19.7 Å². The van der Waals surface area contributed by atoms with Crippen LogP contribution < -0.4 is 5.32 Å². The number of fused-ring (bicyclic) bond motifs is 1. The number of aromatic amines is 1. The van der Waals surface area contributed by atoms with Crippen LogP contribution in [0.25, 0.3) is 10.9 Å². The summed E-state index contributed by atoms with van der Waals surface area (Å²) in [6, 6.07) is 9.86. The molecule has 2 amide bonds. The Kier molecular flexibility index (Phi) is 4.59. The maximum Gasteiger partial charge on any atom is 0.270 e. The lowest BCUT2D eigenvalue weighted by Crippen LogP contribution is -2.73. The number of amides is 2. The van der Waals surface area contributed by atoms with Crippen LogP contribution >= 0.6 is 0 Å². The molecular weight excluding hydrogens is 368 g/mol. The van der Waals surface area contributed by atoms with E-state index in [1.165, 1.54) is 12.8 Å². The van der Waals surface area contributed by atoms with E-state index in [0.29, 0.717) is 38.0 Å². The molecule has 2 saturated heterocycles. The van der Waals surface area contributed by atoms with Gasteiger partial charge in [-0.2, -0.15) is 0 Å². The van der Waals surface area contributed by atoms with Crippen molar-refractivity contribution in [3.63, 3.8) is 0 Å². The number of hydrogen-bond acceptors (Lipinski definition) is 4. The third kappa shape index (κ3) is 3.42. The van der Waals surface area contributed by atoms with E-state index in [0.717, 1.165) is 23.7 Å². The fraction of sp³-hybridized carbons (Fsp3) is 0.545. The van der Waals surface area contributed by atoms with Gasteiger partial charge in [-0.05, 0) is 32.0 Å². The van der Waals surface area contributed by atoms with Crippen LogP contribution in [0.2, 0.25) is 0 Å². The summed E-state index contributed by atoms with van der Waals surface area (Å²) in [5, 5.41) is 4.21. The molecule has 2 aliphatic heterocycles. The first-order valence-corrected chi connectivity index (χ1v) is 10.5. The van der Waals surface area contributed by atoms with Gasteiger partial charge in [0.15, 0.2) is 0 Å². The van der Waals surface area contributed by atoms with Crippen LogP contribution in [0.3, 0.4) is 0 Å². The Morgan fingerprint density at radius 1 is 1.17 bits per heavy atom. The first-order valence-electron chi connectivity index (χ1n) is 10.5. The van der Waals surface area contributed by atoms with Crippen LogP contribution in [0.4, 0.5) is 0 Å². The van der Waals surface area contributed by atoms with Gasteiger partial charge < -0.3 is 19.9 Å². The van der Waals surface area contributed by atoms with Gasteiger partial charge in [-0.25, -0.2) is 0 Å². The van der Waals surface area contributed by atoms with Crippen molar-refractivity contribution in [3.8, 4) is 0 Å². The van der Waals surface area contributed by atoms with Crippen molar-refractivity contribution >= 4 is 22.7 Å². The number of H-pyrrole nitrogens is 1.